The molecule has 0 atom stereocenters. The molecule has 1 aromatic carbocycles. The van der Waals surface area contributed by atoms with Crippen LogP contribution in [0.5, 0.6) is 0 Å². The third-order valence-electron chi connectivity index (χ3n) is 4.25. The molecule has 0 aliphatic heterocycles. The number of aliphatic imine (C=N–C) groups is 1. The molecule has 28 heavy (non-hydrogen) atoms. The number of primary sulfonamides is 1. The van der Waals surface area contributed by atoms with Crippen molar-refractivity contribution in [2.24, 2.45) is 10.1 Å². The average molecular weight is 519 g/mol. The molecule has 154 valence electrons. The normalized spacial score (nSPS) is 14.4. The Labute approximate surface area is 182 Å². The highest BCUT2D eigenvalue weighted by atomic mass is 127. The molecule has 11 heteroatoms. The zero-order chi connectivity index (χ0) is 19.3. The first-order valence-electron chi connectivity index (χ1n) is 8.99. The maximum atomic E-state index is 11.3. The quantitative estimate of drug-likeness (QED) is 0.272. The lowest BCUT2D eigenvalue weighted by molar-refractivity contribution is 0.597. The van der Waals surface area contributed by atoms with E-state index in [2.05, 4.69) is 32.7 Å². The van der Waals surface area contributed by atoms with Gasteiger partial charge in [-0.15, -0.1) is 34.2 Å². The molecule has 0 radical (unpaired) electrons. The average Bonchev–Trinajstić information content (AvgIpc) is 3.34. The van der Waals surface area contributed by atoms with Gasteiger partial charge in [-0.1, -0.05) is 19.1 Å². The number of nitrogens with one attached hydrogen (secondary N) is 2. The Morgan fingerprint density at radius 2 is 2.04 bits per heavy atom. The third-order valence-corrected chi connectivity index (χ3v) is 5.18. The van der Waals surface area contributed by atoms with Crippen LogP contribution in [0.25, 0.3) is 0 Å². The summed E-state index contributed by atoms with van der Waals surface area (Å²) in [5, 5.41) is 19.9. The number of aryl methyl sites for hydroxylation is 1. The van der Waals surface area contributed by atoms with Crippen molar-refractivity contribution in [1.29, 1.82) is 0 Å². The monoisotopic (exact) mass is 519 g/mol. The van der Waals surface area contributed by atoms with Gasteiger partial charge in [0.25, 0.3) is 0 Å². The minimum absolute atomic E-state index is 0. The van der Waals surface area contributed by atoms with Crippen LogP contribution in [0, 0.1) is 0 Å². The predicted octanol–water partition coefficient (Wildman–Crippen LogP) is 1.00. The first-order chi connectivity index (χ1) is 13.0. The molecule has 9 nitrogen and oxygen atoms in total. The molecule has 1 saturated carbocycles. The lowest BCUT2D eigenvalue weighted by Gasteiger charge is -2.13. The van der Waals surface area contributed by atoms with Crippen LogP contribution in [0.2, 0.25) is 0 Å². The Balaban J connectivity index is 0.00000280. The summed E-state index contributed by atoms with van der Waals surface area (Å²) in [6.07, 6.45) is 4.87. The Kier molecular flexibility index (Phi) is 8.19. The van der Waals surface area contributed by atoms with Crippen LogP contribution < -0.4 is 15.8 Å². The number of nitrogens with zero attached hydrogens (tertiary/aromatic N) is 4. The molecule has 1 aromatic heterocycles. The van der Waals surface area contributed by atoms with Gasteiger partial charge in [-0.3, -0.25) is 0 Å². The van der Waals surface area contributed by atoms with Gasteiger partial charge in [0.2, 0.25) is 10.0 Å². The Morgan fingerprint density at radius 3 is 2.64 bits per heavy atom. The highest BCUT2D eigenvalue weighted by Gasteiger charge is 2.22. The first kappa shape index (κ1) is 22.6. The number of rotatable bonds is 8. The molecule has 4 N–H and O–H groups in total. The number of sulfonamides is 1. The molecule has 0 spiro atoms. The summed E-state index contributed by atoms with van der Waals surface area (Å²) >= 11 is 0. The number of aromatic nitrogens is 3. The van der Waals surface area contributed by atoms with E-state index in [-0.39, 0.29) is 28.9 Å². The van der Waals surface area contributed by atoms with Gasteiger partial charge in [0, 0.05) is 25.6 Å². The highest BCUT2D eigenvalue weighted by Crippen LogP contribution is 2.18. The van der Waals surface area contributed by atoms with E-state index in [9.17, 15) is 8.42 Å². The van der Waals surface area contributed by atoms with E-state index in [4.69, 9.17) is 5.14 Å². The fraction of sp³-hybridized carbons (Fsp3) is 0.471. The fourth-order valence-corrected chi connectivity index (χ4v) is 3.08. The van der Waals surface area contributed by atoms with Gasteiger partial charge < -0.3 is 15.2 Å². The van der Waals surface area contributed by atoms with Crippen LogP contribution in [-0.2, 0) is 29.5 Å². The lowest BCUT2D eigenvalue weighted by atomic mass is 10.2. The Morgan fingerprint density at radius 1 is 1.32 bits per heavy atom. The Hall–Kier alpha value is -1.73. The van der Waals surface area contributed by atoms with Crippen molar-refractivity contribution in [2.75, 3.05) is 6.54 Å². The predicted molar refractivity (Wildman–Crippen MR) is 118 cm³/mol. The van der Waals surface area contributed by atoms with Crippen molar-refractivity contribution in [1.82, 2.24) is 25.4 Å². The number of guanidine groups is 1. The van der Waals surface area contributed by atoms with E-state index in [0.717, 1.165) is 43.2 Å². The van der Waals surface area contributed by atoms with Gasteiger partial charge in [-0.2, -0.15) is 0 Å². The van der Waals surface area contributed by atoms with Crippen LogP contribution in [-0.4, -0.2) is 41.7 Å². The minimum atomic E-state index is -3.67. The summed E-state index contributed by atoms with van der Waals surface area (Å²) in [4.78, 5) is 4.70. The first-order valence-corrected chi connectivity index (χ1v) is 10.5. The van der Waals surface area contributed by atoms with E-state index in [0.29, 0.717) is 19.1 Å². The van der Waals surface area contributed by atoms with Gasteiger partial charge >= 0.3 is 0 Å². The molecule has 1 heterocycles. The molecule has 2 aromatic rings. The molecule has 0 bridgehead atoms. The van der Waals surface area contributed by atoms with Gasteiger partial charge in [-0.25, -0.2) is 18.5 Å². The topological polar surface area (TPSA) is 127 Å². The minimum Gasteiger partial charge on any atom is -0.355 e. The number of benzene rings is 1. The zero-order valence-electron chi connectivity index (χ0n) is 15.7. The van der Waals surface area contributed by atoms with Crippen molar-refractivity contribution in [3.63, 3.8) is 0 Å². The standard InChI is InChI=1S/C17H25N7O2S.HI/c1-2-16-23-21-12-24(16)10-9-19-17(22-14-5-6-14)20-11-13-3-7-15(8-4-13)27(18,25)26;/h3-4,7-8,12,14H,2,5-6,9-11H2,1H3,(H2,18,25,26)(H2,19,20,22);1H. The zero-order valence-corrected chi connectivity index (χ0v) is 18.9. The summed E-state index contributed by atoms with van der Waals surface area (Å²) < 4.78 is 24.7. The second-order valence-electron chi connectivity index (χ2n) is 6.49. The van der Waals surface area contributed by atoms with Crippen molar-refractivity contribution >= 4 is 40.0 Å². The van der Waals surface area contributed by atoms with Crippen LogP contribution in [0.3, 0.4) is 0 Å². The SMILES string of the molecule is CCc1nncn1CCNC(=NCc1ccc(S(N)(=O)=O)cc1)NC1CC1.I. The number of hydrogen-bond acceptors (Lipinski definition) is 5. The molecule has 3 rings (SSSR count). The molecule has 0 unspecified atom stereocenters. The number of hydrogen-bond donors (Lipinski definition) is 3. The van der Waals surface area contributed by atoms with E-state index in [1.807, 2.05) is 4.57 Å². The second kappa shape index (κ2) is 10.2. The van der Waals surface area contributed by atoms with E-state index in [1.54, 1.807) is 18.5 Å². The largest absolute Gasteiger partial charge is 0.355 e. The molecular weight excluding hydrogens is 493 g/mol. The van der Waals surface area contributed by atoms with Crippen LogP contribution in [0.4, 0.5) is 0 Å². The van der Waals surface area contributed by atoms with Crippen molar-refractivity contribution < 1.29 is 8.42 Å². The van der Waals surface area contributed by atoms with Crippen LogP contribution in [0.15, 0.2) is 40.5 Å². The van der Waals surface area contributed by atoms with E-state index < -0.39 is 10.0 Å². The van der Waals surface area contributed by atoms with Gasteiger partial charge in [0.1, 0.15) is 12.2 Å². The molecule has 1 fully saturated rings. The summed E-state index contributed by atoms with van der Waals surface area (Å²) in [7, 11) is -3.67. The molecular formula is C17H26IN7O2S. The summed E-state index contributed by atoms with van der Waals surface area (Å²) in [5.41, 5.74) is 0.909. The lowest BCUT2D eigenvalue weighted by Crippen LogP contribution is -2.40. The maximum Gasteiger partial charge on any atom is 0.238 e. The smallest absolute Gasteiger partial charge is 0.238 e. The van der Waals surface area contributed by atoms with E-state index in [1.165, 1.54) is 12.1 Å². The molecule has 1 aliphatic rings. The van der Waals surface area contributed by atoms with Crippen molar-refractivity contribution in [3.05, 3.63) is 42.0 Å². The summed E-state index contributed by atoms with van der Waals surface area (Å²) in [5.74, 6) is 1.71. The van der Waals surface area contributed by atoms with E-state index >= 15 is 0 Å². The van der Waals surface area contributed by atoms with Crippen LogP contribution >= 0.6 is 24.0 Å². The third kappa shape index (κ3) is 6.71. The van der Waals surface area contributed by atoms with Crippen molar-refractivity contribution in [2.45, 2.75) is 50.2 Å². The van der Waals surface area contributed by atoms with Gasteiger partial charge in [0.15, 0.2) is 5.96 Å². The Bertz CT molecular complexity index is 892. The molecule has 0 saturated heterocycles. The van der Waals surface area contributed by atoms with Gasteiger partial charge in [0.05, 0.1) is 11.4 Å². The van der Waals surface area contributed by atoms with Crippen molar-refractivity contribution in [3.8, 4) is 0 Å². The van der Waals surface area contributed by atoms with Crippen LogP contribution in [0.1, 0.15) is 31.2 Å². The molecule has 0 amide bonds. The summed E-state index contributed by atoms with van der Waals surface area (Å²) in [6, 6.07) is 6.92. The number of halogens is 1. The molecule has 1 aliphatic carbocycles. The maximum absolute atomic E-state index is 11.3. The fourth-order valence-electron chi connectivity index (χ4n) is 2.56. The highest BCUT2D eigenvalue weighted by molar-refractivity contribution is 14.0. The second-order valence-corrected chi connectivity index (χ2v) is 8.05. The summed E-state index contributed by atoms with van der Waals surface area (Å²) in [6.45, 7) is 3.95. The number of nitrogens with two attached hydrogens (primary N) is 1. The van der Waals surface area contributed by atoms with Gasteiger partial charge in [-0.05, 0) is 30.5 Å².